The summed E-state index contributed by atoms with van der Waals surface area (Å²) < 4.78 is 5.37. The van der Waals surface area contributed by atoms with Crippen molar-refractivity contribution in [3.05, 3.63) is 30.2 Å². The second kappa shape index (κ2) is 6.17. The Morgan fingerprint density at radius 3 is 2.89 bits per heavy atom. The van der Waals surface area contributed by atoms with Crippen LogP contribution in [-0.2, 0) is 5.41 Å². The molecule has 0 radical (unpaired) electrons. The summed E-state index contributed by atoms with van der Waals surface area (Å²) in [6.07, 6.45) is 2.64. The van der Waals surface area contributed by atoms with Crippen LogP contribution in [-0.4, -0.2) is 31.7 Å². The topological polar surface area (TPSA) is 50.1 Å². The molecule has 0 unspecified atom stereocenters. The third-order valence-corrected chi connectivity index (χ3v) is 3.46. The van der Waals surface area contributed by atoms with Gasteiger partial charge in [0.15, 0.2) is 12.0 Å². The van der Waals surface area contributed by atoms with Crippen molar-refractivity contribution in [3.63, 3.8) is 0 Å². The van der Waals surface area contributed by atoms with Gasteiger partial charge < -0.3 is 15.1 Å². The normalized spacial score (nSPS) is 12.2. The van der Waals surface area contributed by atoms with Gasteiger partial charge in [-0.25, -0.2) is 4.98 Å². The van der Waals surface area contributed by atoms with Crippen molar-refractivity contribution in [2.24, 2.45) is 0 Å². The molecule has 104 valence electrons. The maximum absolute atomic E-state index is 5.37. The highest BCUT2D eigenvalue weighted by atomic mass is 16.3. The smallest absolute Gasteiger partial charge is 0.181 e. The molecule has 1 heterocycles. The molecule has 2 N–H and O–H groups in total. The fourth-order valence-corrected chi connectivity index (χ4v) is 2.17. The van der Waals surface area contributed by atoms with Gasteiger partial charge in [-0.05, 0) is 44.3 Å². The van der Waals surface area contributed by atoms with Crippen molar-refractivity contribution in [1.82, 2.24) is 15.6 Å². The van der Waals surface area contributed by atoms with E-state index in [9.17, 15) is 0 Å². The summed E-state index contributed by atoms with van der Waals surface area (Å²) in [6.45, 7) is 7.54. The molecule has 2 rings (SSSR count). The van der Waals surface area contributed by atoms with Crippen molar-refractivity contribution < 1.29 is 4.42 Å². The van der Waals surface area contributed by atoms with Gasteiger partial charge in [0.05, 0.1) is 0 Å². The van der Waals surface area contributed by atoms with E-state index in [-0.39, 0.29) is 5.41 Å². The van der Waals surface area contributed by atoms with Crippen LogP contribution in [0, 0.1) is 0 Å². The number of nitrogens with one attached hydrogen (secondary N) is 2. The Morgan fingerprint density at radius 2 is 2.11 bits per heavy atom. The summed E-state index contributed by atoms with van der Waals surface area (Å²) in [6, 6.07) is 6.26. The zero-order valence-corrected chi connectivity index (χ0v) is 12.0. The van der Waals surface area contributed by atoms with E-state index in [0.717, 1.165) is 37.2 Å². The predicted octanol–water partition coefficient (Wildman–Crippen LogP) is 2.30. The molecule has 0 saturated heterocycles. The van der Waals surface area contributed by atoms with Crippen LogP contribution >= 0.6 is 0 Å². The lowest BCUT2D eigenvalue weighted by Gasteiger charge is -2.25. The Hall–Kier alpha value is -1.39. The molecule has 4 heteroatoms. The standard InChI is InChI=1S/C15H23N3O/c1-15(2,10-17-8-4-7-16-3)12-5-6-13-14(9-12)19-11-18-13/h5-6,9,11,16-17H,4,7-8,10H2,1-3H3. The average molecular weight is 261 g/mol. The Balaban J connectivity index is 1.97. The van der Waals surface area contributed by atoms with Crippen LogP contribution in [0.3, 0.4) is 0 Å². The predicted molar refractivity (Wildman–Crippen MR) is 78.4 cm³/mol. The highest BCUT2D eigenvalue weighted by Gasteiger charge is 2.20. The van der Waals surface area contributed by atoms with E-state index in [1.165, 1.54) is 12.0 Å². The lowest BCUT2D eigenvalue weighted by Crippen LogP contribution is -2.34. The molecule has 1 aromatic carbocycles. The lowest BCUT2D eigenvalue weighted by molar-refractivity contribution is 0.464. The van der Waals surface area contributed by atoms with Crippen LogP contribution in [0.2, 0.25) is 0 Å². The molecule has 0 amide bonds. The molecule has 2 aromatic rings. The number of oxazole rings is 1. The van der Waals surface area contributed by atoms with Gasteiger partial charge in [0.1, 0.15) is 5.52 Å². The summed E-state index contributed by atoms with van der Waals surface area (Å²) in [5.41, 5.74) is 3.14. The van der Waals surface area contributed by atoms with Gasteiger partial charge in [-0.15, -0.1) is 0 Å². The first-order valence-electron chi connectivity index (χ1n) is 6.82. The van der Waals surface area contributed by atoms with E-state index in [2.05, 4.69) is 41.6 Å². The second-order valence-corrected chi connectivity index (χ2v) is 5.55. The third-order valence-electron chi connectivity index (χ3n) is 3.46. The fourth-order valence-electron chi connectivity index (χ4n) is 2.17. The molecule has 0 atom stereocenters. The molecule has 1 aromatic heterocycles. The van der Waals surface area contributed by atoms with Gasteiger partial charge in [0.25, 0.3) is 0 Å². The van der Waals surface area contributed by atoms with Crippen LogP contribution in [0.4, 0.5) is 0 Å². The first kappa shape index (κ1) is 14.0. The third kappa shape index (κ3) is 3.55. The summed E-state index contributed by atoms with van der Waals surface area (Å²) >= 11 is 0. The van der Waals surface area contributed by atoms with Gasteiger partial charge >= 0.3 is 0 Å². The van der Waals surface area contributed by atoms with Crippen molar-refractivity contribution in [2.45, 2.75) is 25.7 Å². The van der Waals surface area contributed by atoms with Gasteiger partial charge in [0, 0.05) is 12.0 Å². The summed E-state index contributed by atoms with van der Waals surface area (Å²) in [5.74, 6) is 0. The van der Waals surface area contributed by atoms with Crippen LogP contribution < -0.4 is 10.6 Å². The molecule has 0 saturated carbocycles. The molecule has 0 fully saturated rings. The van der Waals surface area contributed by atoms with E-state index >= 15 is 0 Å². The first-order valence-corrected chi connectivity index (χ1v) is 6.82. The quantitative estimate of drug-likeness (QED) is 0.751. The summed E-state index contributed by atoms with van der Waals surface area (Å²) in [5, 5.41) is 6.67. The van der Waals surface area contributed by atoms with E-state index in [1.807, 2.05) is 13.1 Å². The largest absolute Gasteiger partial charge is 0.443 e. The maximum atomic E-state index is 5.37. The van der Waals surface area contributed by atoms with Gasteiger partial charge in [-0.2, -0.15) is 0 Å². The number of fused-ring (bicyclic) bond motifs is 1. The molecular weight excluding hydrogens is 238 g/mol. The molecule has 0 aliphatic carbocycles. The van der Waals surface area contributed by atoms with Gasteiger partial charge in [-0.1, -0.05) is 19.9 Å². The van der Waals surface area contributed by atoms with Crippen molar-refractivity contribution in [2.75, 3.05) is 26.7 Å². The minimum atomic E-state index is 0.0840. The maximum Gasteiger partial charge on any atom is 0.181 e. The second-order valence-electron chi connectivity index (χ2n) is 5.55. The van der Waals surface area contributed by atoms with E-state index < -0.39 is 0 Å². The van der Waals surface area contributed by atoms with Gasteiger partial charge in [-0.3, -0.25) is 0 Å². The first-order chi connectivity index (χ1) is 9.13. The minimum absolute atomic E-state index is 0.0840. The highest BCUT2D eigenvalue weighted by molar-refractivity contribution is 5.73. The van der Waals surface area contributed by atoms with E-state index in [4.69, 9.17) is 4.42 Å². The van der Waals surface area contributed by atoms with Crippen molar-refractivity contribution in [1.29, 1.82) is 0 Å². The molecule has 4 nitrogen and oxygen atoms in total. The number of nitrogens with zero attached hydrogens (tertiary/aromatic N) is 1. The van der Waals surface area contributed by atoms with Crippen LogP contribution in [0.15, 0.2) is 29.0 Å². The van der Waals surface area contributed by atoms with E-state index in [1.54, 1.807) is 0 Å². The van der Waals surface area contributed by atoms with E-state index in [0.29, 0.717) is 0 Å². The number of hydrogen-bond acceptors (Lipinski definition) is 4. The number of aromatic nitrogens is 1. The molecule has 19 heavy (non-hydrogen) atoms. The summed E-state index contributed by atoms with van der Waals surface area (Å²) in [4.78, 5) is 4.15. The van der Waals surface area contributed by atoms with Crippen LogP contribution in [0.1, 0.15) is 25.8 Å². The molecule has 0 aliphatic heterocycles. The van der Waals surface area contributed by atoms with Gasteiger partial charge in [0.2, 0.25) is 0 Å². The Kier molecular flexibility index (Phi) is 4.56. The monoisotopic (exact) mass is 261 g/mol. The molecule has 0 aliphatic rings. The van der Waals surface area contributed by atoms with Crippen molar-refractivity contribution >= 4 is 11.1 Å². The molecule has 0 spiro atoms. The van der Waals surface area contributed by atoms with Crippen molar-refractivity contribution in [3.8, 4) is 0 Å². The zero-order chi connectivity index (χ0) is 13.7. The number of hydrogen-bond donors (Lipinski definition) is 2. The molecule has 0 bridgehead atoms. The van der Waals surface area contributed by atoms with Crippen LogP contribution in [0.5, 0.6) is 0 Å². The zero-order valence-electron chi connectivity index (χ0n) is 12.0. The SMILES string of the molecule is CNCCCNCC(C)(C)c1ccc2ncoc2c1. The Morgan fingerprint density at radius 1 is 1.26 bits per heavy atom. The Bertz CT molecular complexity index is 519. The summed E-state index contributed by atoms with van der Waals surface area (Å²) in [7, 11) is 1.98. The highest BCUT2D eigenvalue weighted by Crippen LogP contribution is 2.25. The fraction of sp³-hybridized carbons (Fsp3) is 0.533. The number of rotatable bonds is 7. The number of benzene rings is 1. The lowest BCUT2D eigenvalue weighted by atomic mass is 9.84. The average Bonchev–Trinajstić information content (AvgIpc) is 2.85. The molecular formula is C15H23N3O. The Labute approximate surface area is 114 Å². The van der Waals surface area contributed by atoms with Crippen LogP contribution in [0.25, 0.3) is 11.1 Å². The minimum Gasteiger partial charge on any atom is -0.443 e.